The molecule has 1 aliphatic rings. The van der Waals surface area contributed by atoms with Gasteiger partial charge >= 0.3 is 0 Å². The van der Waals surface area contributed by atoms with Crippen molar-refractivity contribution in [2.45, 2.75) is 47.1 Å². The van der Waals surface area contributed by atoms with Gasteiger partial charge in [0.2, 0.25) is 0 Å². The average Bonchev–Trinajstić information content (AvgIpc) is 2.72. The second kappa shape index (κ2) is 5.91. The predicted octanol–water partition coefficient (Wildman–Crippen LogP) is 3.13. The number of anilines is 1. The maximum absolute atomic E-state index is 4.79. The lowest BCUT2D eigenvalue weighted by molar-refractivity contribution is 0.418. The molecule has 2 rings (SSSR count). The van der Waals surface area contributed by atoms with Crippen LogP contribution in [0.25, 0.3) is 0 Å². The summed E-state index contributed by atoms with van der Waals surface area (Å²) >= 11 is 0. The van der Waals surface area contributed by atoms with Crippen LogP contribution in [-0.2, 0) is 6.54 Å². The van der Waals surface area contributed by atoms with Crippen molar-refractivity contribution in [3.8, 4) is 0 Å². The van der Waals surface area contributed by atoms with E-state index in [1.807, 2.05) is 0 Å². The van der Waals surface area contributed by atoms with Crippen LogP contribution in [0.3, 0.4) is 0 Å². The summed E-state index contributed by atoms with van der Waals surface area (Å²) < 4.78 is 0. The van der Waals surface area contributed by atoms with E-state index in [4.69, 9.17) is 4.98 Å². The molecule has 1 fully saturated rings. The Morgan fingerprint density at radius 3 is 2.74 bits per heavy atom. The van der Waals surface area contributed by atoms with Gasteiger partial charge in [0.15, 0.2) is 0 Å². The molecule has 2 heterocycles. The smallest absolute Gasteiger partial charge is 0.128 e. The van der Waals surface area contributed by atoms with Gasteiger partial charge in [-0.25, -0.2) is 4.98 Å². The van der Waals surface area contributed by atoms with E-state index in [0.717, 1.165) is 37.7 Å². The molecule has 1 aromatic heterocycles. The van der Waals surface area contributed by atoms with Crippen LogP contribution in [0.1, 0.15) is 44.9 Å². The molecule has 0 atom stereocenters. The van der Waals surface area contributed by atoms with E-state index in [2.05, 4.69) is 50.0 Å². The standard InChI is InChI=1S/C16H27N3/c1-5-9-17-11-14-6-7-15(18-13(14)2)19-10-8-16(3,4)12-19/h6-7,17H,5,8-12H2,1-4H3. The number of hydrogen-bond donors (Lipinski definition) is 1. The molecule has 106 valence electrons. The molecule has 3 nitrogen and oxygen atoms in total. The molecule has 0 bridgehead atoms. The van der Waals surface area contributed by atoms with Crippen LogP contribution in [0.5, 0.6) is 0 Å². The van der Waals surface area contributed by atoms with Crippen LogP contribution in [0.2, 0.25) is 0 Å². The summed E-state index contributed by atoms with van der Waals surface area (Å²) in [5.74, 6) is 1.14. The lowest BCUT2D eigenvalue weighted by Crippen LogP contribution is -2.24. The zero-order chi connectivity index (χ0) is 13.9. The van der Waals surface area contributed by atoms with Crippen molar-refractivity contribution in [2.75, 3.05) is 24.5 Å². The van der Waals surface area contributed by atoms with Gasteiger partial charge in [-0.3, -0.25) is 0 Å². The zero-order valence-corrected chi connectivity index (χ0v) is 12.8. The average molecular weight is 261 g/mol. The molecule has 1 aliphatic heterocycles. The number of pyridine rings is 1. The molecule has 1 aromatic rings. The van der Waals surface area contributed by atoms with Crippen molar-refractivity contribution in [3.63, 3.8) is 0 Å². The van der Waals surface area contributed by atoms with Crippen molar-refractivity contribution in [2.24, 2.45) is 5.41 Å². The highest BCUT2D eigenvalue weighted by Gasteiger charge is 2.29. The molecule has 0 aliphatic carbocycles. The van der Waals surface area contributed by atoms with Gasteiger partial charge in [0, 0.05) is 25.3 Å². The third kappa shape index (κ3) is 3.69. The van der Waals surface area contributed by atoms with E-state index < -0.39 is 0 Å². The lowest BCUT2D eigenvalue weighted by atomic mass is 9.93. The van der Waals surface area contributed by atoms with Gasteiger partial charge in [-0.2, -0.15) is 0 Å². The molecule has 0 spiro atoms. The van der Waals surface area contributed by atoms with Crippen LogP contribution in [0.15, 0.2) is 12.1 Å². The van der Waals surface area contributed by atoms with Gasteiger partial charge in [-0.1, -0.05) is 26.8 Å². The maximum atomic E-state index is 4.79. The topological polar surface area (TPSA) is 28.2 Å². The molecule has 1 saturated heterocycles. The first-order chi connectivity index (χ1) is 9.02. The Morgan fingerprint density at radius 2 is 2.16 bits per heavy atom. The second-order valence-corrected chi connectivity index (χ2v) is 6.43. The summed E-state index contributed by atoms with van der Waals surface area (Å²) in [4.78, 5) is 7.20. The minimum Gasteiger partial charge on any atom is -0.356 e. The van der Waals surface area contributed by atoms with E-state index in [-0.39, 0.29) is 0 Å². The van der Waals surface area contributed by atoms with Gasteiger partial charge < -0.3 is 10.2 Å². The third-order valence-electron chi connectivity index (χ3n) is 3.92. The summed E-state index contributed by atoms with van der Waals surface area (Å²) in [6, 6.07) is 4.41. The monoisotopic (exact) mass is 261 g/mol. The van der Waals surface area contributed by atoms with E-state index in [0.29, 0.717) is 5.41 Å². The highest BCUT2D eigenvalue weighted by atomic mass is 15.2. The third-order valence-corrected chi connectivity index (χ3v) is 3.92. The largest absolute Gasteiger partial charge is 0.356 e. The predicted molar refractivity (Wildman–Crippen MR) is 81.6 cm³/mol. The first-order valence-corrected chi connectivity index (χ1v) is 7.44. The molecular formula is C16H27N3. The number of aryl methyl sites for hydroxylation is 1. The van der Waals surface area contributed by atoms with Crippen LogP contribution in [-0.4, -0.2) is 24.6 Å². The first-order valence-electron chi connectivity index (χ1n) is 7.44. The summed E-state index contributed by atoms with van der Waals surface area (Å²) in [5, 5.41) is 3.44. The SMILES string of the molecule is CCCNCc1ccc(N2CCC(C)(C)C2)nc1C. The number of nitrogens with one attached hydrogen (secondary N) is 1. The van der Waals surface area contributed by atoms with Crippen molar-refractivity contribution in [1.82, 2.24) is 10.3 Å². The highest BCUT2D eigenvalue weighted by Crippen LogP contribution is 2.31. The molecule has 19 heavy (non-hydrogen) atoms. The lowest BCUT2D eigenvalue weighted by Gasteiger charge is -2.21. The Kier molecular flexibility index (Phi) is 4.46. The Morgan fingerprint density at radius 1 is 1.37 bits per heavy atom. The van der Waals surface area contributed by atoms with Crippen LogP contribution in [0.4, 0.5) is 5.82 Å². The molecular weight excluding hydrogens is 234 g/mol. The second-order valence-electron chi connectivity index (χ2n) is 6.43. The van der Waals surface area contributed by atoms with Gasteiger partial charge in [-0.05, 0) is 43.4 Å². The summed E-state index contributed by atoms with van der Waals surface area (Å²) in [6.45, 7) is 13.2. The van der Waals surface area contributed by atoms with Gasteiger partial charge in [0.25, 0.3) is 0 Å². The van der Waals surface area contributed by atoms with Crippen LogP contribution >= 0.6 is 0 Å². The molecule has 0 radical (unpaired) electrons. The number of aromatic nitrogens is 1. The van der Waals surface area contributed by atoms with Gasteiger partial charge in [0.1, 0.15) is 5.82 Å². The van der Waals surface area contributed by atoms with Crippen molar-refractivity contribution < 1.29 is 0 Å². The van der Waals surface area contributed by atoms with Crippen LogP contribution in [0, 0.1) is 12.3 Å². The quantitative estimate of drug-likeness (QED) is 0.825. The first kappa shape index (κ1) is 14.3. The Labute approximate surface area is 117 Å². The fourth-order valence-corrected chi connectivity index (χ4v) is 2.65. The maximum Gasteiger partial charge on any atom is 0.128 e. The Hall–Kier alpha value is -1.09. The highest BCUT2D eigenvalue weighted by molar-refractivity contribution is 5.43. The minimum absolute atomic E-state index is 0.428. The van der Waals surface area contributed by atoms with E-state index in [1.54, 1.807) is 0 Å². The molecule has 3 heteroatoms. The number of hydrogen-bond acceptors (Lipinski definition) is 3. The zero-order valence-electron chi connectivity index (χ0n) is 12.8. The molecule has 0 saturated carbocycles. The number of nitrogens with zero attached hydrogens (tertiary/aromatic N) is 2. The Bertz CT molecular complexity index is 426. The molecule has 0 aromatic carbocycles. The Balaban J connectivity index is 2.02. The van der Waals surface area contributed by atoms with Gasteiger partial charge in [0.05, 0.1) is 0 Å². The van der Waals surface area contributed by atoms with Crippen molar-refractivity contribution >= 4 is 5.82 Å². The number of rotatable bonds is 5. The van der Waals surface area contributed by atoms with E-state index in [1.165, 1.54) is 18.4 Å². The summed E-state index contributed by atoms with van der Waals surface area (Å²) in [6.07, 6.45) is 2.43. The van der Waals surface area contributed by atoms with Crippen molar-refractivity contribution in [1.29, 1.82) is 0 Å². The summed E-state index contributed by atoms with van der Waals surface area (Å²) in [5.41, 5.74) is 2.90. The fourth-order valence-electron chi connectivity index (χ4n) is 2.65. The van der Waals surface area contributed by atoms with E-state index in [9.17, 15) is 0 Å². The summed E-state index contributed by atoms with van der Waals surface area (Å²) in [7, 11) is 0. The fraction of sp³-hybridized carbons (Fsp3) is 0.688. The molecule has 1 N–H and O–H groups in total. The molecule has 0 unspecified atom stereocenters. The van der Waals surface area contributed by atoms with Gasteiger partial charge in [-0.15, -0.1) is 0 Å². The minimum atomic E-state index is 0.428. The van der Waals surface area contributed by atoms with Crippen LogP contribution < -0.4 is 10.2 Å². The normalized spacial score (nSPS) is 18.0. The molecule has 0 amide bonds. The van der Waals surface area contributed by atoms with Crippen molar-refractivity contribution in [3.05, 3.63) is 23.4 Å². The van der Waals surface area contributed by atoms with E-state index >= 15 is 0 Å².